The van der Waals surface area contributed by atoms with Gasteiger partial charge in [0.2, 0.25) is 5.91 Å². The maximum Gasteiger partial charge on any atom is 0.223 e. The third kappa shape index (κ3) is 3.53. The van der Waals surface area contributed by atoms with Crippen molar-refractivity contribution in [3.63, 3.8) is 0 Å². The van der Waals surface area contributed by atoms with Crippen LogP contribution in [0.25, 0.3) is 0 Å². The van der Waals surface area contributed by atoms with Gasteiger partial charge in [-0.25, -0.2) is 0 Å². The number of amides is 1. The topological polar surface area (TPSA) is 42.4 Å². The lowest BCUT2D eigenvalue weighted by Gasteiger charge is -2.35. The van der Waals surface area contributed by atoms with Crippen LogP contribution in [0.2, 0.25) is 0 Å². The van der Waals surface area contributed by atoms with Gasteiger partial charge < -0.3 is 9.64 Å². The fourth-order valence-electron chi connectivity index (χ4n) is 2.34. The summed E-state index contributed by atoms with van der Waals surface area (Å²) in [5, 5.41) is 0. The minimum absolute atomic E-state index is 0.135. The number of aromatic nitrogens is 1. The molecule has 0 saturated carbocycles. The first-order chi connectivity index (χ1) is 8.65. The van der Waals surface area contributed by atoms with Crippen molar-refractivity contribution in [1.82, 2.24) is 9.88 Å². The van der Waals surface area contributed by atoms with Crippen LogP contribution in [0.5, 0.6) is 0 Å². The van der Waals surface area contributed by atoms with Gasteiger partial charge in [0.25, 0.3) is 0 Å². The molecule has 1 aliphatic heterocycles. The summed E-state index contributed by atoms with van der Waals surface area (Å²) in [7, 11) is 0. The van der Waals surface area contributed by atoms with E-state index in [4.69, 9.17) is 4.74 Å². The molecular formula is C14H20N2O2. The van der Waals surface area contributed by atoms with E-state index in [1.165, 1.54) is 0 Å². The molecule has 4 nitrogen and oxygen atoms in total. The molecule has 0 aliphatic carbocycles. The van der Waals surface area contributed by atoms with Gasteiger partial charge in [-0.15, -0.1) is 0 Å². The van der Waals surface area contributed by atoms with Crippen LogP contribution in [0, 0.1) is 0 Å². The van der Waals surface area contributed by atoms with E-state index in [0.29, 0.717) is 19.5 Å². The van der Waals surface area contributed by atoms with Gasteiger partial charge in [0.1, 0.15) is 0 Å². The Labute approximate surface area is 108 Å². The zero-order valence-corrected chi connectivity index (χ0v) is 11.0. The van der Waals surface area contributed by atoms with Crippen LogP contribution in [-0.2, 0) is 16.0 Å². The molecular weight excluding hydrogens is 228 g/mol. The maximum atomic E-state index is 12.1. The summed E-state index contributed by atoms with van der Waals surface area (Å²) in [5.74, 6) is 0.209. The van der Waals surface area contributed by atoms with Crippen LogP contribution < -0.4 is 0 Å². The highest BCUT2D eigenvalue weighted by Gasteiger charge is 2.25. The number of carbonyl (C=O) groups excluding carboxylic acids is 1. The highest BCUT2D eigenvalue weighted by molar-refractivity contribution is 5.76. The van der Waals surface area contributed by atoms with E-state index in [1.807, 2.05) is 37.1 Å². The summed E-state index contributed by atoms with van der Waals surface area (Å²) in [6, 6.07) is 3.91. The molecule has 0 aromatic carbocycles. The number of hydrogen-bond donors (Lipinski definition) is 0. The highest BCUT2D eigenvalue weighted by atomic mass is 16.5. The monoisotopic (exact) mass is 248 g/mol. The Hall–Kier alpha value is -1.42. The smallest absolute Gasteiger partial charge is 0.223 e. The number of hydrogen-bond acceptors (Lipinski definition) is 3. The van der Waals surface area contributed by atoms with Gasteiger partial charge in [0.05, 0.1) is 12.2 Å². The summed E-state index contributed by atoms with van der Waals surface area (Å²) < 4.78 is 5.63. The van der Waals surface area contributed by atoms with Crippen LogP contribution in [0.3, 0.4) is 0 Å². The number of rotatable bonds is 3. The summed E-state index contributed by atoms with van der Waals surface area (Å²) in [4.78, 5) is 18.1. The van der Waals surface area contributed by atoms with Crippen molar-refractivity contribution in [2.75, 3.05) is 13.1 Å². The van der Waals surface area contributed by atoms with Gasteiger partial charge in [-0.2, -0.15) is 0 Å². The molecule has 0 spiro atoms. The lowest BCUT2D eigenvalue weighted by molar-refractivity contribution is -0.143. The van der Waals surface area contributed by atoms with Gasteiger partial charge in [0, 0.05) is 31.9 Å². The summed E-state index contributed by atoms with van der Waals surface area (Å²) >= 11 is 0. The van der Waals surface area contributed by atoms with Gasteiger partial charge >= 0.3 is 0 Å². The second-order valence-corrected chi connectivity index (χ2v) is 4.92. The van der Waals surface area contributed by atoms with E-state index in [0.717, 1.165) is 12.0 Å². The molecule has 2 rings (SSSR count). The SMILES string of the molecule is CC1CN(C(=O)CCc2cccnc2)CC(C)O1. The first-order valence-electron chi connectivity index (χ1n) is 6.47. The number of carbonyl (C=O) groups is 1. The van der Waals surface area contributed by atoms with Crippen molar-refractivity contribution in [2.24, 2.45) is 0 Å². The fourth-order valence-corrected chi connectivity index (χ4v) is 2.34. The van der Waals surface area contributed by atoms with Crippen molar-refractivity contribution < 1.29 is 9.53 Å². The molecule has 1 amide bonds. The molecule has 2 heterocycles. The minimum atomic E-state index is 0.135. The molecule has 0 radical (unpaired) electrons. The largest absolute Gasteiger partial charge is 0.372 e. The van der Waals surface area contributed by atoms with Crippen molar-refractivity contribution in [3.8, 4) is 0 Å². The fraction of sp³-hybridized carbons (Fsp3) is 0.571. The third-order valence-corrected chi connectivity index (χ3v) is 3.12. The molecule has 2 atom stereocenters. The molecule has 98 valence electrons. The van der Waals surface area contributed by atoms with E-state index in [2.05, 4.69) is 4.98 Å². The molecule has 1 aliphatic rings. The minimum Gasteiger partial charge on any atom is -0.372 e. The van der Waals surface area contributed by atoms with Crippen LogP contribution in [0.15, 0.2) is 24.5 Å². The Morgan fingerprint density at radius 1 is 1.44 bits per heavy atom. The molecule has 4 heteroatoms. The van der Waals surface area contributed by atoms with Crippen LogP contribution in [0.1, 0.15) is 25.8 Å². The van der Waals surface area contributed by atoms with E-state index >= 15 is 0 Å². The standard InChI is InChI=1S/C14H20N2O2/c1-11-9-16(10-12(2)18-11)14(17)6-5-13-4-3-7-15-8-13/h3-4,7-8,11-12H,5-6,9-10H2,1-2H3. The molecule has 2 unspecified atom stereocenters. The molecule has 0 N–H and O–H groups in total. The molecule has 18 heavy (non-hydrogen) atoms. The average molecular weight is 248 g/mol. The van der Waals surface area contributed by atoms with E-state index in [-0.39, 0.29) is 18.1 Å². The predicted octanol–water partition coefficient (Wildman–Crippen LogP) is 1.65. The van der Waals surface area contributed by atoms with Crippen molar-refractivity contribution in [3.05, 3.63) is 30.1 Å². The van der Waals surface area contributed by atoms with Crippen LogP contribution in [0.4, 0.5) is 0 Å². The normalized spacial score (nSPS) is 24.0. The number of pyridine rings is 1. The van der Waals surface area contributed by atoms with Crippen LogP contribution >= 0.6 is 0 Å². The van der Waals surface area contributed by atoms with E-state index in [1.54, 1.807) is 6.20 Å². The second-order valence-electron chi connectivity index (χ2n) is 4.92. The zero-order chi connectivity index (χ0) is 13.0. The first-order valence-corrected chi connectivity index (χ1v) is 6.47. The predicted molar refractivity (Wildman–Crippen MR) is 69.1 cm³/mol. The van der Waals surface area contributed by atoms with Crippen molar-refractivity contribution in [2.45, 2.75) is 38.9 Å². The Morgan fingerprint density at radius 3 is 2.78 bits per heavy atom. The molecule has 1 aromatic rings. The lowest BCUT2D eigenvalue weighted by atomic mass is 10.1. The van der Waals surface area contributed by atoms with Gasteiger partial charge in [0.15, 0.2) is 0 Å². The number of nitrogens with zero attached hydrogens (tertiary/aromatic N) is 2. The summed E-state index contributed by atoms with van der Waals surface area (Å²) in [6.07, 6.45) is 5.14. The molecule has 1 aromatic heterocycles. The maximum absolute atomic E-state index is 12.1. The average Bonchev–Trinajstić information content (AvgIpc) is 2.36. The molecule has 1 fully saturated rings. The Balaban J connectivity index is 1.84. The van der Waals surface area contributed by atoms with Gasteiger partial charge in [-0.3, -0.25) is 9.78 Å². The van der Waals surface area contributed by atoms with E-state index in [9.17, 15) is 4.79 Å². The van der Waals surface area contributed by atoms with Crippen LogP contribution in [-0.4, -0.2) is 41.1 Å². The number of ether oxygens (including phenoxy) is 1. The highest BCUT2D eigenvalue weighted by Crippen LogP contribution is 2.12. The number of aryl methyl sites for hydroxylation is 1. The number of morpholine rings is 1. The van der Waals surface area contributed by atoms with Gasteiger partial charge in [-0.05, 0) is 31.9 Å². The third-order valence-electron chi connectivity index (χ3n) is 3.12. The Bertz CT molecular complexity index is 384. The van der Waals surface area contributed by atoms with E-state index < -0.39 is 0 Å². The summed E-state index contributed by atoms with van der Waals surface area (Å²) in [6.45, 7) is 5.43. The van der Waals surface area contributed by atoms with Crippen molar-refractivity contribution >= 4 is 5.91 Å². The van der Waals surface area contributed by atoms with Crippen molar-refractivity contribution in [1.29, 1.82) is 0 Å². The Kier molecular flexibility index (Phi) is 4.31. The summed E-state index contributed by atoms with van der Waals surface area (Å²) in [5.41, 5.74) is 1.11. The first kappa shape index (κ1) is 13.0. The Morgan fingerprint density at radius 2 is 2.17 bits per heavy atom. The second kappa shape index (κ2) is 5.96. The molecule has 1 saturated heterocycles. The van der Waals surface area contributed by atoms with Gasteiger partial charge in [-0.1, -0.05) is 6.07 Å². The molecule has 0 bridgehead atoms. The lowest BCUT2D eigenvalue weighted by Crippen LogP contribution is -2.48. The zero-order valence-electron chi connectivity index (χ0n) is 11.0. The quantitative estimate of drug-likeness (QED) is 0.817.